The monoisotopic (exact) mass is 483 g/mol. The molecule has 0 aliphatic carbocycles. The molecular weight excluding hydrogens is 442 g/mol. The normalized spacial score (nSPS) is 31.7. The topological polar surface area (TPSA) is 63.7 Å². The van der Waals surface area contributed by atoms with Gasteiger partial charge in [-0.05, 0) is 63.4 Å². The maximum atomic E-state index is 10.3. The molecule has 1 N–H and O–H groups in total. The third-order valence-electron chi connectivity index (χ3n) is 8.21. The molecule has 2 fully saturated rings. The Morgan fingerprint density at radius 2 is 1.77 bits per heavy atom. The lowest BCUT2D eigenvalue weighted by molar-refractivity contribution is -0.334. The van der Waals surface area contributed by atoms with Crippen LogP contribution in [0.5, 0.6) is 17.2 Å². The molecule has 2 aromatic carbocycles. The summed E-state index contributed by atoms with van der Waals surface area (Å²) in [7, 11) is 0. The molecule has 6 nitrogen and oxygen atoms in total. The van der Waals surface area contributed by atoms with Crippen molar-refractivity contribution in [3.8, 4) is 17.2 Å². The summed E-state index contributed by atoms with van der Waals surface area (Å²) in [5, 5.41) is 12.6. The summed E-state index contributed by atoms with van der Waals surface area (Å²) in [5.41, 5.74) is 0.630. The Kier molecular flexibility index (Phi) is 7.65. The molecule has 6 atom stereocenters. The molecule has 2 heterocycles. The minimum Gasteiger partial charge on any atom is -0.504 e. The number of epoxide rings is 1. The van der Waals surface area contributed by atoms with Crippen LogP contribution >= 0.6 is 0 Å². The number of hydrogen-bond acceptors (Lipinski definition) is 6. The van der Waals surface area contributed by atoms with Crippen molar-refractivity contribution in [1.29, 1.82) is 0 Å². The third kappa shape index (κ3) is 5.45. The van der Waals surface area contributed by atoms with Gasteiger partial charge in [0.05, 0.1) is 6.61 Å². The number of phenols is 1. The summed E-state index contributed by atoms with van der Waals surface area (Å²) in [6, 6.07) is 15.4. The molecule has 35 heavy (non-hydrogen) atoms. The van der Waals surface area contributed by atoms with Crippen LogP contribution in [0.15, 0.2) is 48.5 Å². The number of ether oxygens (including phenoxy) is 3. The van der Waals surface area contributed by atoms with Gasteiger partial charge in [0, 0.05) is 23.4 Å². The first kappa shape index (κ1) is 25.8. The van der Waals surface area contributed by atoms with E-state index in [0.29, 0.717) is 12.4 Å². The summed E-state index contributed by atoms with van der Waals surface area (Å²) in [6.45, 7) is 14.7. The fourth-order valence-corrected chi connectivity index (χ4v) is 5.17. The molecule has 6 unspecified atom stereocenters. The Hall–Kier alpha value is -2.28. The highest BCUT2D eigenvalue weighted by atomic mass is 16.7. The van der Waals surface area contributed by atoms with Gasteiger partial charge < -0.3 is 19.3 Å². The minimum absolute atomic E-state index is 0.0414. The maximum Gasteiger partial charge on any atom is 0.161 e. The molecule has 2 aromatic rings. The fraction of sp³-hybridized carbons (Fsp3) is 0.586. The first-order valence-electron chi connectivity index (χ1n) is 13.0. The molecule has 0 aromatic heterocycles. The molecule has 0 saturated carbocycles. The molecule has 6 heteroatoms. The van der Waals surface area contributed by atoms with Gasteiger partial charge in [0.15, 0.2) is 11.5 Å². The number of piperidine rings is 1. The van der Waals surface area contributed by atoms with Crippen molar-refractivity contribution < 1.29 is 24.2 Å². The van der Waals surface area contributed by atoms with Crippen molar-refractivity contribution in [1.82, 2.24) is 5.06 Å². The molecule has 192 valence electrons. The second-order valence-corrected chi connectivity index (χ2v) is 10.6. The summed E-state index contributed by atoms with van der Waals surface area (Å²) in [6.07, 6.45) is 2.72. The standard InChI is InChI=1S/C29H41NO5/c1-7-28(5)17-27(34-26-12-10-9-11-25(26)31)20(3)29(6,8-2)30(28)35-21(4)22-13-15-23(16-14-22)32-18-24-19-33-24/h9-16,20-21,24,27,31H,7-8,17-19H2,1-6H3. The molecule has 0 amide bonds. The molecule has 2 aliphatic heterocycles. The van der Waals surface area contributed by atoms with Crippen molar-refractivity contribution in [2.45, 2.75) is 90.2 Å². The second-order valence-electron chi connectivity index (χ2n) is 10.6. The summed E-state index contributed by atoms with van der Waals surface area (Å²) in [4.78, 5) is 6.80. The first-order chi connectivity index (χ1) is 16.7. The maximum absolute atomic E-state index is 10.3. The van der Waals surface area contributed by atoms with Crippen molar-refractivity contribution in [3.05, 3.63) is 54.1 Å². The molecule has 0 radical (unpaired) electrons. The zero-order valence-corrected chi connectivity index (χ0v) is 22.0. The van der Waals surface area contributed by atoms with E-state index in [0.717, 1.165) is 37.2 Å². The van der Waals surface area contributed by atoms with Gasteiger partial charge in [-0.3, -0.25) is 4.84 Å². The number of hydroxylamine groups is 2. The van der Waals surface area contributed by atoms with E-state index >= 15 is 0 Å². The summed E-state index contributed by atoms with van der Waals surface area (Å²) in [5.74, 6) is 1.75. The largest absolute Gasteiger partial charge is 0.504 e. The van der Waals surface area contributed by atoms with E-state index in [9.17, 15) is 5.11 Å². The molecule has 0 spiro atoms. The Morgan fingerprint density at radius 1 is 1.09 bits per heavy atom. The van der Waals surface area contributed by atoms with Gasteiger partial charge >= 0.3 is 0 Å². The van der Waals surface area contributed by atoms with E-state index in [-0.39, 0.29) is 41.1 Å². The third-order valence-corrected chi connectivity index (χ3v) is 8.21. The highest BCUT2D eigenvalue weighted by molar-refractivity contribution is 5.38. The lowest BCUT2D eigenvalue weighted by Gasteiger charge is -2.59. The van der Waals surface area contributed by atoms with Crippen LogP contribution in [-0.2, 0) is 9.57 Å². The van der Waals surface area contributed by atoms with Crippen molar-refractivity contribution >= 4 is 0 Å². The van der Waals surface area contributed by atoms with Gasteiger partial charge in [-0.1, -0.05) is 45.0 Å². The van der Waals surface area contributed by atoms with E-state index in [1.165, 1.54) is 0 Å². The quantitative estimate of drug-likeness (QED) is 0.401. The van der Waals surface area contributed by atoms with Gasteiger partial charge in [-0.2, -0.15) is 5.06 Å². The molecule has 2 saturated heterocycles. The van der Waals surface area contributed by atoms with Crippen molar-refractivity contribution in [2.24, 2.45) is 5.92 Å². The summed E-state index contributed by atoms with van der Waals surface area (Å²) < 4.78 is 17.4. The smallest absolute Gasteiger partial charge is 0.161 e. The molecule has 2 aliphatic rings. The van der Waals surface area contributed by atoms with Crippen LogP contribution in [0.2, 0.25) is 0 Å². The van der Waals surface area contributed by atoms with Crippen LogP contribution in [0, 0.1) is 5.92 Å². The van der Waals surface area contributed by atoms with Crippen LogP contribution in [-0.4, -0.2) is 46.7 Å². The number of benzene rings is 2. The van der Waals surface area contributed by atoms with Gasteiger partial charge in [-0.15, -0.1) is 0 Å². The van der Waals surface area contributed by atoms with Gasteiger partial charge in [-0.25, -0.2) is 0 Å². The predicted octanol–water partition coefficient (Wildman–Crippen LogP) is 6.29. The van der Waals surface area contributed by atoms with Crippen LogP contribution in [0.1, 0.15) is 72.5 Å². The Labute approximate surface area is 210 Å². The average molecular weight is 484 g/mol. The van der Waals surface area contributed by atoms with Crippen LogP contribution in [0.25, 0.3) is 0 Å². The van der Waals surface area contributed by atoms with Crippen molar-refractivity contribution in [3.63, 3.8) is 0 Å². The summed E-state index contributed by atoms with van der Waals surface area (Å²) >= 11 is 0. The number of rotatable bonds is 10. The lowest BCUT2D eigenvalue weighted by Crippen LogP contribution is -2.68. The Balaban J connectivity index is 1.52. The first-order valence-corrected chi connectivity index (χ1v) is 13.0. The molecule has 0 bridgehead atoms. The number of aromatic hydroxyl groups is 1. The highest BCUT2D eigenvalue weighted by Crippen LogP contribution is 2.48. The minimum atomic E-state index is -0.250. The van der Waals surface area contributed by atoms with Crippen LogP contribution in [0.3, 0.4) is 0 Å². The average Bonchev–Trinajstić information content (AvgIpc) is 3.70. The van der Waals surface area contributed by atoms with E-state index in [4.69, 9.17) is 19.0 Å². The van der Waals surface area contributed by atoms with E-state index in [2.05, 4.69) is 58.7 Å². The number of hydrogen-bond donors (Lipinski definition) is 1. The predicted molar refractivity (Wildman–Crippen MR) is 137 cm³/mol. The van der Waals surface area contributed by atoms with E-state index < -0.39 is 0 Å². The van der Waals surface area contributed by atoms with Gasteiger partial charge in [0.25, 0.3) is 0 Å². The van der Waals surface area contributed by atoms with Gasteiger partial charge in [0.2, 0.25) is 0 Å². The van der Waals surface area contributed by atoms with Crippen LogP contribution in [0.4, 0.5) is 0 Å². The zero-order valence-electron chi connectivity index (χ0n) is 22.0. The van der Waals surface area contributed by atoms with E-state index in [1.54, 1.807) is 6.07 Å². The number of phenolic OH excluding ortho intramolecular Hbond substituents is 1. The molecular formula is C29H41NO5. The Morgan fingerprint density at radius 3 is 2.37 bits per heavy atom. The fourth-order valence-electron chi connectivity index (χ4n) is 5.17. The molecule has 4 rings (SSSR count). The number of para-hydroxylation sites is 2. The zero-order chi connectivity index (χ0) is 25.2. The SMILES string of the molecule is CCC1(C)CC(Oc2ccccc2O)C(C)C(C)(CC)N1OC(C)c1ccc(OCC2CO2)cc1. The highest BCUT2D eigenvalue weighted by Gasteiger charge is 2.55. The number of nitrogens with zero attached hydrogens (tertiary/aromatic N) is 1. The van der Waals surface area contributed by atoms with E-state index in [1.807, 2.05) is 30.3 Å². The lowest BCUT2D eigenvalue weighted by atomic mass is 9.69. The van der Waals surface area contributed by atoms with Crippen molar-refractivity contribution in [2.75, 3.05) is 13.2 Å². The van der Waals surface area contributed by atoms with Crippen LogP contribution < -0.4 is 9.47 Å². The van der Waals surface area contributed by atoms with Gasteiger partial charge in [0.1, 0.15) is 30.7 Å². The Bertz CT molecular complexity index is 977. The second kappa shape index (κ2) is 10.4.